The summed E-state index contributed by atoms with van der Waals surface area (Å²) in [5, 5.41) is 9.91. The van der Waals surface area contributed by atoms with E-state index in [9.17, 15) is 5.11 Å². The summed E-state index contributed by atoms with van der Waals surface area (Å²) in [6.07, 6.45) is 2.13. The average Bonchev–Trinajstić information content (AvgIpc) is 2.08. The van der Waals surface area contributed by atoms with Crippen molar-refractivity contribution in [3.63, 3.8) is 0 Å². The molecule has 0 aromatic heterocycles. The highest BCUT2D eigenvalue weighted by Crippen LogP contribution is 2.31. The molecule has 2 heteroatoms. The second-order valence-corrected chi connectivity index (χ2v) is 5.01. The Balaban J connectivity index is 2.51. The number of piperidine rings is 1. The number of rotatable bonds is 2. The zero-order valence-corrected chi connectivity index (χ0v) is 9.38. The summed E-state index contributed by atoms with van der Waals surface area (Å²) in [4.78, 5) is 2.40. The summed E-state index contributed by atoms with van der Waals surface area (Å²) >= 11 is 0. The van der Waals surface area contributed by atoms with E-state index in [1.165, 1.54) is 6.42 Å². The highest BCUT2D eigenvalue weighted by Gasteiger charge is 2.35. The van der Waals surface area contributed by atoms with Crippen molar-refractivity contribution in [3.8, 4) is 0 Å². The van der Waals surface area contributed by atoms with Crippen LogP contribution in [0.25, 0.3) is 0 Å². The maximum absolute atomic E-state index is 9.91. The highest BCUT2D eigenvalue weighted by atomic mass is 16.3. The first-order chi connectivity index (χ1) is 5.97. The summed E-state index contributed by atoms with van der Waals surface area (Å²) in [5.41, 5.74) is 0.115. The Morgan fingerprint density at radius 1 is 1.54 bits per heavy atom. The van der Waals surface area contributed by atoms with Crippen LogP contribution in [0.4, 0.5) is 0 Å². The molecule has 1 heterocycles. The van der Waals surface area contributed by atoms with Gasteiger partial charge in [-0.05, 0) is 31.7 Å². The van der Waals surface area contributed by atoms with Crippen molar-refractivity contribution >= 4 is 0 Å². The largest absolute Gasteiger partial charge is 0.391 e. The molecule has 0 amide bonds. The molecule has 0 spiro atoms. The lowest BCUT2D eigenvalue weighted by atomic mass is 9.79. The molecular weight excluding hydrogens is 162 g/mol. The van der Waals surface area contributed by atoms with Crippen LogP contribution in [-0.2, 0) is 0 Å². The highest BCUT2D eigenvalue weighted by molar-refractivity contribution is 4.87. The minimum atomic E-state index is -0.157. The van der Waals surface area contributed by atoms with Gasteiger partial charge in [-0.15, -0.1) is 0 Å². The second-order valence-electron chi connectivity index (χ2n) is 5.01. The van der Waals surface area contributed by atoms with Gasteiger partial charge in [0.05, 0.1) is 6.10 Å². The first-order valence-electron chi connectivity index (χ1n) is 5.39. The molecule has 2 atom stereocenters. The Morgan fingerprint density at radius 3 is 2.62 bits per heavy atom. The van der Waals surface area contributed by atoms with Crippen LogP contribution < -0.4 is 0 Å². The van der Waals surface area contributed by atoms with Gasteiger partial charge in [-0.2, -0.15) is 0 Å². The molecule has 0 aliphatic carbocycles. The summed E-state index contributed by atoms with van der Waals surface area (Å²) in [6.45, 7) is 10.8. The predicted molar refractivity (Wildman–Crippen MR) is 55.7 cm³/mol. The number of aliphatic hydroxyl groups is 1. The quantitative estimate of drug-likeness (QED) is 0.710. The van der Waals surface area contributed by atoms with Gasteiger partial charge < -0.3 is 5.11 Å². The smallest absolute Gasteiger partial charge is 0.0718 e. The second kappa shape index (κ2) is 3.97. The van der Waals surface area contributed by atoms with Gasteiger partial charge in [0.1, 0.15) is 0 Å². The Labute approximate surface area is 81.9 Å². The molecule has 2 nitrogen and oxygen atoms in total. The van der Waals surface area contributed by atoms with Crippen LogP contribution in [-0.4, -0.2) is 35.2 Å². The lowest BCUT2D eigenvalue weighted by Crippen LogP contribution is -2.50. The molecule has 1 rings (SSSR count). The predicted octanol–water partition coefficient (Wildman–Crippen LogP) is 1.88. The van der Waals surface area contributed by atoms with Crippen molar-refractivity contribution in [2.75, 3.05) is 13.1 Å². The van der Waals surface area contributed by atoms with Crippen LogP contribution in [0, 0.1) is 5.41 Å². The van der Waals surface area contributed by atoms with Gasteiger partial charge in [0.15, 0.2) is 0 Å². The summed E-state index contributed by atoms with van der Waals surface area (Å²) in [5.74, 6) is 0. The monoisotopic (exact) mass is 185 g/mol. The van der Waals surface area contributed by atoms with E-state index in [-0.39, 0.29) is 11.5 Å². The van der Waals surface area contributed by atoms with E-state index < -0.39 is 0 Å². The molecule has 2 unspecified atom stereocenters. The minimum Gasteiger partial charge on any atom is -0.391 e. The third-order valence-corrected chi connectivity index (χ3v) is 3.57. The number of likely N-dealkylation sites (tertiary alicyclic amines) is 1. The topological polar surface area (TPSA) is 23.5 Å². The molecule has 1 N–H and O–H groups in total. The van der Waals surface area contributed by atoms with E-state index >= 15 is 0 Å². The fourth-order valence-electron chi connectivity index (χ4n) is 1.82. The minimum absolute atomic E-state index is 0.115. The zero-order chi connectivity index (χ0) is 10.1. The number of β-amino-alcohol motifs (C(OH)–C–C–N with tert-alkyl or cyclic N) is 1. The molecule has 1 aliphatic heterocycles. The van der Waals surface area contributed by atoms with Crippen molar-refractivity contribution in [3.05, 3.63) is 0 Å². The molecule has 0 bridgehead atoms. The van der Waals surface area contributed by atoms with E-state index in [0.29, 0.717) is 6.04 Å². The molecule has 1 saturated heterocycles. The molecule has 0 aromatic carbocycles. The van der Waals surface area contributed by atoms with Crippen molar-refractivity contribution in [1.82, 2.24) is 4.90 Å². The van der Waals surface area contributed by atoms with Gasteiger partial charge in [0.25, 0.3) is 0 Å². The number of hydrogen-bond acceptors (Lipinski definition) is 2. The van der Waals surface area contributed by atoms with Crippen molar-refractivity contribution < 1.29 is 5.11 Å². The van der Waals surface area contributed by atoms with E-state index in [1.54, 1.807) is 0 Å². The van der Waals surface area contributed by atoms with Crippen LogP contribution in [0.1, 0.15) is 40.5 Å². The SMILES string of the molecule is CCC(C)N1CCC(C)(C)C(O)C1. The third kappa shape index (κ3) is 2.44. The zero-order valence-electron chi connectivity index (χ0n) is 9.38. The van der Waals surface area contributed by atoms with Gasteiger partial charge in [-0.1, -0.05) is 20.8 Å². The van der Waals surface area contributed by atoms with Gasteiger partial charge in [0.2, 0.25) is 0 Å². The third-order valence-electron chi connectivity index (χ3n) is 3.57. The van der Waals surface area contributed by atoms with Gasteiger partial charge in [-0.3, -0.25) is 4.90 Å². The number of aliphatic hydroxyl groups excluding tert-OH is 1. The van der Waals surface area contributed by atoms with Gasteiger partial charge >= 0.3 is 0 Å². The van der Waals surface area contributed by atoms with Crippen molar-refractivity contribution in [2.45, 2.75) is 52.7 Å². The van der Waals surface area contributed by atoms with Crippen LogP contribution >= 0.6 is 0 Å². The maximum Gasteiger partial charge on any atom is 0.0718 e. The first kappa shape index (κ1) is 11.0. The molecular formula is C11H23NO. The normalized spacial score (nSPS) is 31.6. The first-order valence-corrected chi connectivity index (χ1v) is 5.39. The Morgan fingerprint density at radius 2 is 2.15 bits per heavy atom. The van der Waals surface area contributed by atoms with Crippen LogP contribution in [0.15, 0.2) is 0 Å². The molecule has 1 fully saturated rings. The molecule has 1 aliphatic rings. The Kier molecular flexibility index (Phi) is 3.36. The average molecular weight is 185 g/mol. The number of hydrogen-bond donors (Lipinski definition) is 1. The van der Waals surface area contributed by atoms with E-state index in [1.807, 2.05) is 0 Å². The summed E-state index contributed by atoms with van der Waals surface area (Å²) in [6, 6.07) is 0.616. The standard InChI is InChI=1S/C11H23NO/c1-5-9(2)12-7-6-11(3,4)10(13)8-12/h9-10,13H,5-8H2,1-4H3. The van der Waals surface area contributed by atoms with Crippen LogP contribution in [0.3, 0.4) is 0 Å². The summed E-state index contributed by atoms with van der Waals surface area (Å²) < 4.78 is 0. The fraction of sp³-hybridized carbons (Fsp3) is 1.00. The maximum atomic E-state index is 9.91. The van der Waals surface area contributed by atoms with Crippen LogP contribution in [0.2, 0.25) is 0 Å². The van der Waals surface area contributed by atoms with Gasteiger partial charge in [-0.25, -0.2) is 0 Å². The lowest BCUT2D eigenvalue weighted by Gasteiger charge is -2.43. The fourth-order valence-corrected chi connectivity index (χ4v) is 1.82. The van der Waals surface area contributed by atoms with Gasteiger partial charge in [0, 0.05) is 12.6 Å². The molecule has 13 heavy (non-hydrogen) atoms. The van der Waals surface area contributed by atoms with Crippen molar-refractivity contribution in [1.29, 1.82) is 0 Å². The van der Waals surface area contributed by atoms with Crippen LogP contribution in [0.5, 0.6) is 0 Å². The summed E-state index contributed by atoms with van der Waals surface area (Å²) in [7, 11) is 0. The lowest BCUT2D eigenvalue weighted by molar-refractivity contribution is -0.0371. The Bertz CT molecular complexity index is 167. The molecule has 0 aromatic rings. The van der Waals surface area contributed by atoms with E-state index in [0.717, 1.165) is 19.5 Å². The molecule has 0 radical (unpaired) electrons. The molecule has 0 saturated carbocycles. The van der Waals surface area contributed by atoms with E-state index in [4.69, 9.17) is 0 Å². The Hall–Kier alpha value is -0.0800. The number of nitrogens with zero attached hydrogens (tertiary/aromatic N) is 1. The van der Waals surface area contributed by atoms with Crippen molar-refractivity contribution in [2.24, 2.45) is 5.41 Å². The molecule has 78 valence electrons. The van der Waals surface area contributed by atoms with E-state index in [2.05, 4.69) is 32.6 Å².